The zero-order valence-corrected chi connectivity index (χ0v) is 11.2. The van der Waals surface area contributed by atoms with Crippen LogP contribution in [0, 0.1) is 0 Å². The van der Waals surface area contributed by atoms with Crippen molar-refractivity contribution >= 4 is 11.8 Å². The van der Waals surface area contributed by atoms with E-state index in [4.69, 9.17) is 4.74 Å². The van der Waals surface area contributed by atoms with Crippen molar-refractivity contribution in [1.82, 2.24) is 0 Å². The van der Waals surface area contributed by atoms with Crippen molar-refractivity contribution in [3.8, 4) is 5.75 Å². The number of hydrogen-bond donors (Lipinski definition) is 0. The van der Waals surface area contributed by atoms with Crippen LogP contribution in [0.3, 0.4) is 0 Å². The van der Waals surface area contributed by atoms with Gasteiger partial charge in [-0.3, -0.25) is 4.79 Å². The Kier molecular flexibility index (Phi) is 5.48. The lowest BCUT2D eigenvalue weighted by molar-refractivity contribution is -0.151. The lowest BCUT2D eigenvalue weighted by Gasteiger charge is -2.11. The Morgan fingerprint density at radius 3 is 2.58 bits per heavy atom. The number of Topliss-reactive ketones (excluding diaryl/α,β-unsaturated/α-hetero) is 1. The van der Waals surface area contributed by atoms with Gasteiger partial charge in [0.15, 0.2) is 0 Å². The minimum absolute atomic E-state index is 0.0826. The van der Waals surface area contributed by atoms with Crippen LogP contribution in [0.25, 0.3) is 0 Å². The zero-order valence-electron chi connectivity index (χ0n) is 11.2. The highest BCUT2D eigenvalue weighted by molar-refractivity contribution is 6.11. The molecule has 0 amide bonds. The molecule has 0 radical (unpaired) electrons. The summed E-state index contributed by atoms with van der Waals surface area (Å²) < 4.78 is 23.6. The minimum atomic E-state index is -2.31. The summed E-state index contributed by atoms with van der Waals surface area (Å²) in [6.45, 7) is 5.41. The van der Waals surface area contributed by atoms with Gasteiger partial charge in [-0.05, 0) is 32.9 Å². The van der Waals surface area contributed by atoms with Crippen molar-refractivity contribution in [3.05, 3.63) is 29.8 Å². The molecule has 0 heterocycles. The van der Waals surface area contributed by atoms with Gasteiger partial charge in [-0.2, -0.15) is 0 Å². The summed E-state index contributed by atoms with van der Waals surface area (Å²) in [5.41, 5.74) is 0.0826. The first-order valence-electron chi connectivity index (χ1n) is 6.07. The lowest BCUT2D eigenvalue weighted by atomic mass is 10.1. The third-order valence-electron chi connectivity index (χ3n) is 2.22. The van der Waals surface area contributed by atoms with Crippen molar-refractivity contribution in [2.75, 3.05) is 6.61 Å². The van der Waals surface area contributed by atoms with Gasteiger partial charge >= 0.3 is 5.97 Å². The van der Waals surface area contributed by atoms with Crippen LogP contribution in [0.4, 0.5) is 4.39 Å². The molecule has 4 nitrogen and oxygen atoms in total. The molecule has 0 N–H and O–H groups in total. The fourth-order valence-corrected chi connectivity index (χ4v) is 1.45. The van der Waals surface area contributed by atoms with Crippen LogP contribution in [-0.4, -0.2) is 30.6 Å². The van der Waals surface area contributed by atoms with Gasteiger partial charge in [-0.1, -0.05) is 12.1 Å². The number of halogens is 1. The Morgan fingerprint density at radius 1 is 1.32 bits per heavy atom. The second-order valence-electron chi connectivity index (χ2n) is 4.17. The topological polar surface area (TPSA) is 52.6 Å². The molecule has 1 aromatic carbocycles. The van der Waals surface area contributed by atoms with E-state index in [1.54, 1.807) is 32.9 Å². The highest BCUT2D eigenvalue weighted by Gasteiger charge is 2.29. The molecule has 1 rings (SSSR count). The van der Waals surface area contributed by atoms with Gasteiger partial charge in [0.2, 0.25) is 5.78 Å². The smallest absolute Gasteiger partial charge is 0.349 e. The average molecular weight is 268 g/mol. The summed E-state index contributed by atoms with van der Waals surface area (Å²) in [5, 5.41) is 0. The molecule has 0 aromatic heterocycles. The van der Waals surface area contributed by atoms with Crippen LogP contribution in [-0.2, 0) is 9.53 Å². The van der Waals surface area contributed by atoms with E-state index in [0.29, 0.717) is 12.4 Å². The van der Waals surface area contributed by atoms with Gasteiger partial charge in [-0.15, -0.1) is 0 Å². The Balaban J connectivity index is 2.81. The van der Waals surface area contributed by atoms with Crippen LogP contribution >= 0.6 is 0 Å². The molecule has 1 aromatic rings. The van der Waals surface area contributed by atoms with Gasteiger partial charge in [0.05, 0.1) is 12.7 Å². The van der Waals surface area contributed by atoms with Crippen LogP contribution in [0.1, 0.15) is 31.1 Å². The fourth-order valence-electron chi connectivity index (χ4n) is 1.45. The van der Waals surface area contributed by atoms with Crippen LogP contribution in [0.2, 0.25) is 0 Å². The van der Waals surface area contributed by atoms with E-state index in [2.05, 4.69) is 4.74 Å². The third kappa shape index (κ3) is 4.35. The number of carbonyl (C=O) groups excluding carboxylic acids is 2. The number of benzene rings is 1. The molecule has 104 valence electrons. The van der Waals surface area contributed by atoms with E-state index in [1.807, 2.05) is 0 Å². The largest absolute Gasteiger partial charge is 0.494 e. The number of rotatable bonds is 6. The van der Waals surface area contributed by atoms with Crippen LogP contribution < -0.4 is 4.74 Å². The standard InChI is InChI=1S/C14H17FO4/c1-4-18-11-7-5-6-10(8-11)13(16)12(15)14(17)19-9(2)3/h5-9,12H,4H2,1-3H3. The van der Waals surface area contributed by atoms with Crippen molar-refractivity contribution in [1.29, 1.82) is 0 Å². The van der Waals surface area contributed by atoms with Crippen molar-refractivity contribution in [2.45, 2.75) is 33.0 Å². The predicted molar refractivity (Wildman–Crippen MR) is 68.1 cm³/mol. The predicted octanol–water partition coefficient (Wildman–Crippen LogP) is 2.56. The van der Waals surface area contributed by atoms with E-state index >= 15 is 0 Å². The second kappa shape index (κ2) is 6.87. The van der Waals surface area contributed by atoms with Crippen LogP contribution in [0.15, 0.2) is 24.3 Å². The minimum Gasteiger partial charge on any atom is -0.494 e. The Hall–Kier alpha value is -1.91. The first-order valence-corrected chi connectivity index (χ1v) is 6.07. The number of esters is 1. The lowest BCUT2D eigenvalue weighted by Crippen LogP contribution is -2.29. The van der Waals surface area contributed by atoms with Gasteiger partial charge in [-0.25, -0.2) is 9.18 Å². The Morgan fingerprint density at radius 2 is 2.00 bits per heavy atom. The third-order valence-corrected chi connectivity index (χ3v) is 2.22. The number of alkyl halides is 1. The summed E-state index contributed by atoms with van der Waals surface area (Å²) in [6.07, 6.45) is -2.77. The van der Waals surface area contributed by atoms with E-state index in [1.165, 1.54) is 12.1 Å². The van der Waals surface area contributed by atoms with E-state index < -0.39 is 24.0 Å². The maximum absolute atomic E-state index is 13.7. The number of hydrogen-bond acceptors (Lipinski definition) is 4. The summed E-state index contributed by atoms with van der Waals surface area (Å²) in [5.74, 6) is -1.63. The van der Waals surface area contributed by atoms with Gasteiger partial charge in [0.25, 0.3) is 6.17 Å². The van der Waals surface area contributed by atoms with Gasteiger partial charge in [0, 0.05) is 5.56 Å². The van der Waals surface area contributed by atoms with E-state index in [0.717, 1.165) is 0 Å². The van der Waals surface area contributed by atoms with Crippen LogP contribution in [0.5, 0.6) is 5.75 Å². The zero-order chi connectivity index (χ0) is 14.4. The molecule has 5 heteroatoms. The molecule has 0 spiro atoms. The summed E-state index contributed by atoms with van der Waals surface area (Å²) in [7, 11) is 0. The van der Waals surface area contributed by atoms with Gasteiger partial charge in [0.1, 0.15) is 5.75 Å². The quantitative estimate of drug-likeness (QED) is 0.452. The maximum atomic E-state index is 13.7. The van der Waals surface area contributed by atoms with Gasteiger partial charge < -0.3 is 9.47 Å². The highest BCUT2D eigenvalue weighted by Crippen LogP contribution is 2.16. The maximum Gasteiger partial charge on any atom is 0.349 e. The molecule has 19 heavy (non-hydrogen) atoms. The molecule has 0 fully saturated rings. The Bertz CT molecular complexity index is 457. The monoisotopic (exact) mass is 268 g/mol. The molecule has 0 aliphatic rings. The summed E-state index contributed by atoms with van der Waals surface area (Å²) >= 11 is 0. The molecular weight excluding hydrogens is 251 g/mol. The fraction of sp³-hybridized carbons (Fsp3) is 0.429. The summed E-state index contributed by atoms with van der Waals surface area (Å²) in [4.78, 5) is 23.1. The Labute approximate surface area is 111 Å². The molecule has 1 atom stereocenters. The molecule has 1 unspecified atom stereocenters. The average Bonchev–Trinajstić information content (AvgIpc) is 2.37. The number of ketones is 1. The molecule has 0 aliphatic carbocycles. The second-order valence-corrected chi connectivity index (χ2v) is 4.17. The number of carbonyl (C=O) groups is 2. The van der Waals surface area contributed by atoms with Crippen molar-refractivity contribution in [2.24, 2.45) is 0 Å². The summed E-state index contributed by atoms with van der Waals surface area (Å²) in [6, 6.07) is 6.06. The van der Waals surface area contributed by atoms with Crippen molar-refractivity contribution < 1.29 is 23.5 Å². The molecule has 0 aliphatic heterocycles. The first-order chi connectivity index (χ1) is 8.95. The first kappa shape index (κ1) is 15.1. The normalized spacial score (nSPS) is 12.1. The molecule has 0 saturated carbocycles. The SMILES string of the molecule is CCOc1cccc(C(=O)C(F)C(=O)OC(C)C)c1. The molecule has 0 bridgehead atoms. The number of ether oxygens (including phenoxy) is 2. The van der Waals surface area contributed by atoms with Crippen molar-refractivity contribution in [3.63, 3.8) is 0 Å². The highest BCUT2D eigenvalue weighted by atomic mass is 19.1. The molecule has 0 saturated heterocycles. The van der Waals surface area contributed by atoms with E-state index in [-0.39, 0.29) is 5.56 Å². The van der Waals surface area contributed by atoms with E-state index in [9.17, 15) is 14.0 Å². The molecular formula is C14H17FO4.